The first-order valence-corrected chi connectivity index (χ1v) is 15.0. The van der Waals surface area contributed by atoms with Crippen molar-refractivity contribution in [2.24, 2.45) is 10.9 Å². The van der Waals surface area contributed by atoms with E-state index in [1.165, 1.54) is 6.20 Å². The predicted molar refractivity (Wildman–Crippen MR) is 163 cm³/mol. The van der Waals surface area contributed by atoms with E-state index < -0.39 is 11.2 Å². The van der Waals surface area contributed by atoms with Crippen molar-refractivity contribution >= 4 is 35.0 Å². The number of aryl methyl sites for hydroxylation is 1. The fourth-order valence-electron chi connectivity index (χ4n) is 6.65. The molecular formula is C33H39FN6O. The Kier molecular flexibility index (Phi) is 7.36. The maximum atomic E-state index is 14.7. The number of nitrogens with one attached hydrogen (secondary N) is 2. The van der Waals surface area contributed by atoms with Gasteiger partial charge in [-0.25, -0.2) is 9.37 Å². The first-order chi connectivity index (χ1) is 19.8. The number of nitrogens with zero attached hydrogens (tertiary/aromatic N) is 4. The Balaban J connectivity index is 1.45. The fourth-order valence-corrected chi connectivity index (χ4v) is 6.65. The summed E-state index contributed by atoms with van der Waals surface area (Å²) in [6.45, 7) is 9.75. The summed E-state index contributed by atoms with van der Waals surface area (Å²) in [7, 11) is 0. The van der Waals surface area contributed by atoms with Crippen molar-refractivity contribution in [1.82, 2.24) is 15.3 Å². The lowest BCUT2D eigenvalue weighted by atomic mass is 9.73. The number of rotatable bonds is 7. The number of hydrogen-bond donors (Lipinski definition) is 2. The van der Waals surface area contributed by atoms with E-state index in [0.29, 0.717) is 23.1 Å². The summed E-state index contributed by atoms with van der Waals surface area (Å²) in [6, 6.07) is 10.3. The summed E-state index contributed by atoms with van der Waals surface area (Å²) in [5, 5.41) is 6.64. The molecule has 0 bridgehead atoms. The summed E-state index contributed by atoms with van der Waals surface area (Å²) in [5.41, 5.74) is 6.02. The number of carbonyl (C=O) groups is 1. The van der Waals surface area contributed by atoms with E-state index in [4.69, 9.17) is 9.98 Å². The fraction of sp³-hybridized carbons (Fsp3) is 0.455. The van der Waals surface area contributed by atoms with E-state index in [-0.39, 0.29) is 11.9 Å². The summed E-state index contributed by atoms with van der Waals surface area (Å²) in [4.78, 5) is 30.0. The first-order valence-electron chi connectivity index (χ1n) is 15.0. The molecule has 0 unspecified atom stereocenters. The number of anilines is 3. The lowest BCUT2D eigenvalue weighted by Crippen LogP contribution is -2.52. The van der Waals surface area contributed by atoms with Gasteiger partial charge in [-0.15, -0.1) is 0 Å². The number of aromatic nitrogens is 2. The van der Waals surface area contributed by atoms with E-state index in [1.54, 1.807) is 6.07 Å². The zero-order valence-electron chi connectivity index (χ0n) is 24.4. The van der Waals surface area contributed by atoms with E-state index >= 15 is 0 Å². The topological polar surface area (TPSA) is 82.5 Å². The number of amides is 1. The van der Waals surface area contributed by atoms with Crippen LogP contribution in [0, 0.1) is 25.6 Å². The molecule has 214 valence electrons. The Hall–Kier alpha value is -3.65. The molecule has 1 aliphatic carbocycles. The van der Waals surface area contributed by atoms with E-state index in [2.05, 4.69) is 45.6 Å². The molecule has 6 rings (SSSR count). The minimum Gasteiger partial charge on any atom is -0.337 e. The molecule has 2 fully saturated rings. The van der Waals surface area contributed by atoms with Gasteiger partial charge in [-0.2, -0.15) is 0 Å². The van der Waals surface area contributed by atoms with Gasteiger partial charge in [0.25, 0.3) is 0 Å². The molecule has 1 amide bonds. The number of carbonyl (C=O) groups excluding carboxylic acids is 1. The van der Waals surface area contributed by atoms with E-state index in [9.17, 15) is 9.18 Å². The zero-order chi connectivity index (χ0) is 28.7. The lowest BCUT2D eigenvalue weighted by molar-refractivity contribution is -0.125. The Morgan fingerprint density at radius 1 is 1.17 bits per heavy atom. The van der Waals surface area contributed by atoms with Gasteiger partial charge in [0.1, 0.15) is 5.82 Å². The van der Waals surface area contributed by atoms with Gasteiger partial charge >= 0.3 is 0 Å². The molecule has 1 saturated heterocycles. The molecule has 0 atom stereocenters. The van der Waals surface area contributed by atoms with Crippen LogP contribution in [-0.2, 0) is 10.2 Å². The molecule has 7 nitrogen and oxygen atoms in total. The number of benzene rings is 1. The van der Waals surface area contributed by atoms with Gasteiger partial charge in [-0.05, 0) is 88.7 Å². The number of aliphatic imine (C=N–C) groups is 1. The summed E-state index contributed by atoms with van der Waals surface area (Å²) in [5.74, 6) is 1.06. The van der Waals surface area contributed by atoms with Crippen LogP contribution < -0.4 is 15.5 Å². The van der Waals surface area contributed by atoms with Crippen LogP contribution in [-0.4, -0.2) is 41.2 Å². The third-order valence-corrected chi connectivity index (χ3v) is 9.21. The maximum absolute atomic E-state index is 14.7. The third-order valence-electron chi connectivity index (χ3n) is 9.21. The van der Waals surface area contributed by atoms with E-state index in [0.717, 1.165) is 85.4 Å². The van der Waals surface area contributed by atoms with Gasteiger partial charge in [0.15, 0.2) is 5.82 Å². The van der Waals surface area contributed by atoms with Crippen molar-refractivity contribution in [1.29, 1.82) is 0 Å². The lowest BCUT2D eigenvalue weighted by Gasteiger charge is -2.42. The van der Waals surface area contributed by atoms with Gasteiger partial charge in [-0.3, -0.25) is 14.8 Å². The highest BCUT2D eigenvalue weighted by Gasteiger charge is 2.54. The van der Waals surface area contributed by atoms with Crippen molar-refractivity contribution in [3.8, 4) is 11.3 Å². The third kappa shape index (κ3) is 4.82. The molecule has 3 aromatic rings. The normalized spacial score (nSPS) is 21.4. The maximum Gasteiger partial charge on any atom is 0.238 e. The minimum atomic E-state index is -0.447. The van der Waals surface area contributed by atoms with Crippen molar-refractivity contribution < 1.29 is 9.18 Å². The van der Waals surface area contributed by atoms with Gasteiger partial charge in [0.05, 0.1) is 28.7 Å². The van der Waals surface area contributed by atoms with Crippen LogP contribution in [0.4, 0.5) is 27.3 Å². The Bertz CT molecular complexity index is 1510. The van der Waals surface area contributed by atoms with Crippen LogP contribution in [0.1, 0.15) is 69.2 Å². The van der Waals surface area contributed by atoms with Crippen molar-refractivity contribution in [3.63, 3.8) is 0 Å². The predicted octanol–water partition coefficient (Wildman–Crippen LogP) is 6.91. The van der Waals surface area contributed by atoms with Gasteiger partial charge < -0.3 is 15.5 Å². The molecule has 0 radical (unpaired) electrons. The van der Waals surface area contributed by atoms with Crippen molar-refractivity contribution in [2.45, 2.75) is 77.7 Å². The highest BCUT2D eigenvalue weighted by atomic mass is 19.1. The smallest absolute Gasteiger partial charge is 0.238 e. The van der Waals surface area contributed by atoms with Crippen LogP contribution >= 0.6 is 0 Å². The second kappa shape index (κ2) is 11.0. The van der Waals surface area contributed by atoms with Crippen LogP contribution in [0.15, 0.2) is 41.5 Å². The molecule has 8 heteroatoms. The van der Waals surface area contributed by atoms with Gasteiger partial charge in [0.2, 0.25) is 5.91 Å². The number of fused-ring (bicyclic) bond motifs is 2. The quantitative estimate of drug-likeness (QED) is 0.310. The van der Waals surface area contributed by atoms with Crippen molar-refractivity contribution in [3.05, 3.63) is 59.2 Å². The first kappa shape index (κ1) is 27.5. The molecule has 1 aromatic carbocycles. The van der Waals surface area contributed by atoms with Crippen LogP contribution in [0.5, 0.6) is 0 Å². The number of hydrogen-bond acceptors (Lipinski definition) is 6. The molecule has 1 saturated carbocycles. The largest absolute Gasteiger partial charge is 0.337 e. The monoisotopic (exact) mass is 554 g/mol. The zero-order valence-corrected chi connectivity index (χ0v) is 24.4. The summed E-state index contributed by atoms with van der Waals surface area (Å²) in [6.07, 6.45) is 8.81. The molecule has 2 N–H and O–H groups in total. The van der Waals surface area contributed by atoms with E-state index in [1.807, 2.05) is 33.1 Å². The Labute approximate surface area is 241 Å². The minimum absolute atomic E-state index is 0.251. The average Bonchev–Trinajstić information content (AvgIpc) is 3.17. The summed E-state index contributed by atoms with van der Waals surface area (Å²) >= 11 is 0. The second-order valence-corrected chi connectivity index (χ2v) is 11.8. The average molecular weight is 555 g/mol. The molecule has 4 heterocycles. The SMILES string of the molecule is CCC=Nc1cc(-c2ccc3c(c2)N(C2CC(CC)C2)C(=O)C32CCNCC2)nc(Nc2cc(C)ncc2F)c1C. The Morgan fingerprint density at radius 2 is 1.95 bits per heavy atom. The van der Waals surface area contributed by atoms with Gasteiger partial charge in [-0.1, -0.05) is 32.4 Å². The molecule has 1 spiro atoms. The highest BCUT2D eigenvalue weighted by molar-refractivity contribution is 6.09. The molecule has 3 aliphatic rings. The standard InChI is InChI=1S/C33H39FN6O/c1-5-11-36-27-18-28(38-31(21(27)4)39-29-14-20(3)37-19-26(29)34)23-7-8-25-30(17-23)40(24-15-22(6-2)16-24)32(41)33(25)9-12-35-13-10-33/h7-8,11,14,17-19,22,24,35H,5-6,9-10,12-13,15-16H2,1-4H3,(H,37,38,39). The van der Waals surface area contributed by atoms with Crippen LogP contribution in [0.2, 0.25) is 0 Å². The number of pyridine rings is 2. The van der Waals surface area contributed by atoms with Gasteiger partial charge in [0, 0.05) is 34.8 Å². The summed E-state index contributed by atoms with van der Waals surface area (Å²) < 4.78 is 14.7. The van der Waals surface area contributed by atoms with Crippen LogP contribution in [0.25, 0.3) is 11.3 Å². The molecular weight excluding hydrogens is 515 g/mol. The van der Waals surface area contributed by atoms with Crippen LogP contribution in [0.3, 0.4) is 0 Å². The molecule has 41 heavy (non-hydrogen) atoms. The second-order valence-electron chi connectivity index (χ2n) is 11.8. The number of halogens is 1. The Morgan fingerprint density at radius 3 is 2.68 bits per heavy atom. The highest BCUT2D eigenvalue weighted by Crippen LogP contribution is 2.52. The molecule has 2 aromatic heterocycles. The number of piperidine rings is 1. The molecule has 2 aliphatic heterocycles. The van der Waals surface area contributed by atoms with Crippen molar-refractivity contribution in [2.75, 3.05) is 23.3 Å².